The van der Waals surface area contributed by atoms with Crippen molar-refractivity contribution in [2.75, 3.05) is 16.7 Å². The summed E-state index contributed by atoms with van der Waals surface area (Å²) < 4.78 is 28.3. The summed E-state index contributed by atoms with van der Waals surface area (Å²) in [6.07, 6.45) is 0. The third-order valence-electron chi connectivity index (χ3n) is 5.06. The second-order valence-electron chi connectivity index (χ2n) is 7.24. The van der Waals surface area contributed by atoms with Crippen molar-refractivity contribution < 1.29 is 23.1 Å². The summed E-state index contributed by atoms with van der Waals surface area (Å²) in [4.78, 5) is 25.3. The molecule has 0 saturated heterocycles. The fourth-order valence-corrected chi connectivity index (χ4v) is 4.62. The van der Waals surface area contributed by atoms with E-state index in [1.807, 2.05) is 0 Å². The molecule has 166 valence electrons. The smallest absolute Gasteiger partial charge is 0.335 e. The van der Waals surface area contributed by atoms with Crippen molar-refractivity contribution in [2.24, 2.45) is 0 Å². The minimum atomic E-state index is -4.03. The molecule has 0 aliphatic rings. The van der Waals surface area contributed by atoms with Gasteiger partial charge in [-0.25, -0.2) is 13.2 Å². The zero-order valence-electron chi connectivity index (χ0n) is 17.6. The van der Waals surface area contributed by atoms with Gasteiger partial charge in [-0.1, -0.05) is 11.6 Å². The number of halogens is 1. The van der Waals surface area contributed by atoms with Crippen molar-refractivity contribution in [1.29, 1.82) is 0 Å². The first-order valence-electron chi connectivity index (χ1n) is 9.50. The number of hydrogen-bond donors (Lipinski definition) is 2. The zero-order valence-corrected chi connectivity index (χ0v) is 19.2. The number of nitrogens with one attached hydrogen (secondary N) is 1. The molecule has 0 fully saturated rings. The lowest BCUT2D eigenvalue weighted by atomic mass is 10.1. The zero-order chi connectivity index (χ0) is 23.6. The number of aryl methyl sites for hydroxylation is 1. The van der Waals surface area contributed by atoms with Gasteiger partial charge in [-0.2, -0.15) is 0 Å². The Labute approximate surface area is 191 Å². The lowest BCUT2D eigenvalue weighted by Crippen LogP contribution is -2.26. The van der Waals surface area contributed by atoms with Gasteiger partial charge in [0.1, 0.15) is 0 Å². The molecule has 3 aromatic carbocycles. The minimum Gasteiger partial charge on any atom is -0.478 e. The number of anilines is 2. The summed E-state index contributed by atoms with van der Waals surface area (Å²) in [7, 11) is -2.41. The van der Waals surface area contributed by atoms with Crippen LogP contribution in [0.1, 0.15) is 31.8 Å². The maximum absolute atomic E-state index is 12.9. The van der Waals surface area contributed by atoms with Crippen LogP contribution >= 0.6 is 11.6 Å². The Bertz CT molecular complexity index is 1290. The van der Waals surface area contributed by atoms with Crippen molar-refractivity contribution >= 4 is 44.9 Å². The van der Waals surface area contributed by atoms with E-state index in [1.54, 1.807) is 57.3 Å². The molecule has 0 heterocycles. The molecule has 0 aromatic heterocycles. The lowest BCUT2D eigenvalue weighted by Gasteiger charge is -2.18. The maximum atomic E-state index is 12.9. The highest BCUT2D eigenvalue weighted by molar-refractivity contribution is 7.92. The number of carboxylic acids is 1. The number of aromatic carboxylic acids is 1. The van der Waals surface area contributed by atoms with Gasteiger partial charge < -0.3 is 10.0 Å². The first-order chi connectivity index (χ1) is 15.0. The maximum Gasteiger partial charge on any atom is 0.335 e. The quantitative estimate of drug-likeness (QED) is 0.539. The number of sulfonamides is 1. The second-order valence-corrected chi connectivity index (χ2v) is 9.33. The van der Waals surface area contributed by atoms with Crippen molar-refractivity contribution in [3.63, 3.8) is 0 Å². The molecule has 0 radical (unpaired) electrons. The summed E-state index contributed by atoms with van der Waals surface area (Å²) >= 11 is 5.86. The van der Waals surface area contributed by atoms with Crippen molar-refractivity contribution in [3.05, 3.63) is 87.9 Å². The van der Waals surface area contributed by atoms with Gasteiger partial charge in [-0.3, -0.25) is 9.52 Å². The molecular weight excluding hydrogens is 452 g/mol. The van der Waals surface area contributed by atoms with Crippen LogP contribution in [0.5, 0.6) is 0 Å². The molecule has 9 heteroatoms. The Balaban J connectivity index is 1.83. The van der Waals surface area contributed by atoms with E-state index in [4.69, 9.17) is 11.6 Å². The third kappa shape index (κ3) is 4.92. The van der Waals surface area contributed by atoms with Crippen LogP contribution in [0.2, 0.25) is 5.02 Å². The molecule has 7 nitrogen and oxygen atoms in total. The first-order valence-corrected chi connectivity index (χ1v) is 11.4. The molecule has 2 N–H and O–H groups in total. The predicted molar refractivity (Wildman–Crippen MR) is 124 cm³/mol. The van der Waals surface area contributed by atoms with Crippen LogP contribution in [0.3, 0.4) is 0 Å². The van der Waals surface area contributed by atoms with Gasteiger partial charge in [0.05, 0.1) is 10.5 Å². The predicted octanol–water partition coefficient (Wildman–Crippen LogP) is 4.73. The molecule has 1 amide bonds. The van der Waals surface area contributed by atoms with Gasteiger partial charge in [-0.15, -0.1) is 0 Å². The SMILES string of the molecule is Cc1cc(C(=O)O)cc(S(=O)(=O)Nc2ccc(N(C)C(=O)c3ccc(Cl)cc3)cc2)c1C. The number of rotatable bonds is 6. The van der Waals surface area contributed by atoms with Crippen LogP contribution in [-0.2, 0) is 10.0 Å². The molecule has 0 aliphatic carbocycles. The number of nitrogens with zero attached hydrogens (tertiary/aromatic N) is 1. The van der Waals surface area contributed by atoms with E-state index in [0.29, 0.717) is 27.4 Å². The molecule has 0 unspecified atom stereocenters. The number of carboxylic acid groups (broad SMARTS) is 1. The van der Waals surface area contributed by atoms with Gasteiger partial charge >= 0.3 is 5.97 Å². The van der Waals surface area contributed by atoms with Crippen molar-refractivity contribution in [3.8, 4) is 0 Å². The normalized spacial score (nSPS) is 11.1. The molecule has 0 bridgehead atoms. The highest BCUT2D eigenvalue weighted by Crippen LogP contribution is 2.25. The van der Waals surface area contributed by atoms with Gasteiger partial charge in [0.2, 0.25) is 0 Å². The van der Waals surface area contributed by atoms with Gasteiger partial charge in [0.15, 0.2) is 0 Å². The highest BCUT2D eigenvalue weighted by atomic mass is 35.5. The fraction of sp³-hybridized carbons (Fsp3) is 0.130. The van der Waals surface area contributed by atoms with E-state index in [1.165, 1.54) is 23.1 Å². The van der Waals surface area contributed by atoms with E-state index in [0.717, 1.165) is 6.07 Å². The standard InChI is InChI=1S/C23H21ClN2O5S/c1-14-12-17(23(28)29)13-21(15(14)2)32(30,31)25-19-8-10-20(11-9-19)26(3)22(27)16-4-6-18(24)7-5-16/h4-13,25H,1-3H3,(H,28,29). The van der Waals surface area contributed by atoms with Crippen LogP contribution in [0.15, 0.2) is 65.6 Å². The molecule has 0 spiro atoms. The first kappa shape index (κ1) is 23.3. The van der Waals surface area contributed by atoms with Crippen LogP contribution < -0.4 is 9.62 Å². The second kappa shape index (κ2) is 9.02. The largest absolute Gasteiger partial charge is 0.478 e. The van der Waals surface area contributed by atoms with E-state index < -0.39 is 16.0 Å². The molecule has 0 aliphatic heterocycles. The van der Waals surface area contributed by atoms with Crippen LogP contribution in [0, 0.1) is 13.8 Å². The Morgan fingerprint density at radius 3 is 2.09 bits per heavy atom. The Morgan fingerprint density at radius 2 is 1.53 bits per heavy atom. The summed E-state index contributed by atoms with van der Waals surface area (Å²) in [5.74, 6) is -1.45. The van der Waals surface area contributed by atoms with E-state index in [2.05, 4.69) is 4.72 Å². The van der Waals surface area contributed by atoms with E-state index in [-0.39, 0.29) is 22.1 Å². The number of carbonyl (C=O) groups excluding carboxylic acids is 1. The molecular formula is C23H21ClN2O5S. The molecule has 0 atom stereocenters. The molecule has 3 rings (SSSR count). The summed E-state index contributed by atoms with van der Waals surface area (Å²) in [6, 6.07) is 15.4. The number of amides is 1. The number of benzene rings is 3. The summed E-state index contributed by atoms with van der Waals surface area (Å²) in [6.45, 7) is 3.28. The monoisotopic (exact) mass is 472 g/mol. The van der Waals surface area contributed by atoms with E-state index >= 15 is 0 Å². The average Bonchev–Trinajstić information content (AvgIpc) is 2.75. The Morgan fingerprint density at radius 1 is 0.938 bits per heavy atom. The van der Waals surface area contributed by atoms with Crippen LogP contribution in [-0.4, -0.2) is 32.4 Å². The molecule has 3 aromatic rings. The van der Waals surface area contributed by atoms with Crippen LogP contribution in [0.4, 0.5) is 11.4 Å². The van der Waals surface area contributed by atoms with Gasteiger partial charge in [0, 0.05) is 29.0 Å². The Hall–Kier alpha value is -3.36. The fourth-order valence-electron chi connectivity index (χ4n) is 3.10. The lowest BCUT2D eigenvalue weighted by molar-refractivity contribution is 0.0696. The topological polar surface area (TPSA) is 104 Å². The molecule has 0 saturated carbocycles. The highest BCUT2D eigenvalue weighted by Gasteiger charge is 2.21. The van der Waals surface area contributed by atoms with Crippen molar-refractivity contribution in [1.82, 2.24) is 0 Å². The Kier molecular flexibility index (Phi) is 6.57. The molecule has 32 heavy (non-hydrogen) atoms. The third-order valence-corrected chi connectivity index (χ3v) is 6.82. The number of hydrogen-bond acceptors (Lipinski definition) is 4. The minimum absolute atomic E-state index is 0.103. The number of carbonyl (C=O) groups is 2. The van der Waals surface area contributed by atoms with E-state index in [9.17, 15) is 23.1 Å². The summed E-state index contributed by atoms with van der Waals surface area (Å²) in [5, 5.41) is 9.78. The average molecular weight is 473 g/mol. The van der Waals surface area contributed by atoms with Crippen molar-refractivity contribution in [2.45, 2.75) is 18.7 Å². The van der Waals surface area contributed by atoms with Crippen LogP contribution in [0.25, 0.3) is 0 Å². The van der Waals surface area contributed by atoms with Gasteiger partial charge in [-0.05, 0) is 85.6 Å². The summed E-state index contributed by atoms with van der Waals surface area (Å²) in [5.41, 5.74) is 2.22. The van der Waals surface area contributed by atoms with Gasteiger partial charge in [0.25, 0.3) is 15.9 Å².